The molecule has 1 aliphatic carbocycles. The van der Waals surface area contributed by atoms with Crippen LogP contribution in [0.4, 0.5) is 0 Å². The maximum absolute atomic E-state index is 8.22. The van der Waals surface area contributed by atoms with Crippen molar-refractivity contribution >= 4 is 31.4 Å². The summed E-state index contributed by atoms with van der Waals surface area (Å²) in [5.74, 6) is 0. The van der Waals surface area contributed by atoms with E-state index >= 15 is 0 Å². The van der Waals surface area contributed by atoms with Gasteiger partial charge in [0.1, 0.15) is 0 Å². The van der Waals surface area contributed by atoms with Gasteiger partial charge in [0.2, 0.25) is 0 Å². The van der Waals surface area contributed by atoms with E-state index in [-0.39, 0.29) is 24.8 Å². The number of rotatable bonds is 3. The van der Waals surface area contributed by atoms with E-state index in [9.17, 15) is 0 Å². The van der Waals surface area contributed by atoms with Crippen LogP contribution in [0.1, 0.15) is 6.42 Å². The Morgan fingerprint density at radius 3 is 1.38 bits per heavy atom. The van der Waals surface area contributed by atoms with E-state index in [4.69, 9.17) is 3.68 Å². The van der Waals surface area contributed by atoms with E-state index < -0.39 is 13.1 Å². The van der Waals surface area contributed by atoms with Crippen molar-refractivity contribution in [2.24, 2.45) is 3.68 Å². The monoisotopic (exact) mass is 472 g/mol. The van der Waals surface area contributed by atoms with Gasteiger partial charge in [0.05, 0.1) is 0 Å². The minimum atomic E-state index is -6.14. The molecular formula is C22H34Cl2NZr. The van der Waals surface area contributed by atoms with E-state index in [1.54, 1.807) is 0 Å². The van der Waals surface area contributed by atoms with Crippen molar-refractivity contribution in [3.8, 4) is 0 Å². The topological polar surface area (TPSA) is 26.0 Å². The molecule has 3 rings (SSSR count). The summed E-state index contributed by atoms with van der Waals surface area (Å²) in [6.07, 6.45) is 7.51. The average Bonchev–Trinajstić information content (AvgIpc) is 3.05. The normalized spacial score (nSPS) is 21.8. The van der Waals surface area contributed by atoms with Crippen LogP contribution in [0.3, 0.4) is 0 Å². The second-order valence-corrected chi connectivity index (χ2v) is 73.6. The number of hydrogen-bond acceptors (Lipinski definition) is 1. The van der Waals surface area contributed by atoms with Crippen molar-refractivity contribution in [2.75, 3.05) is 0 Å². The summed E-state index contributed by atoms with van der Waals surface area (Å²) in [4.78, 5) is 0. The molecule has 145 valence electrons. The second kappa shape index (κ2) is 3.90. The Hall–Kier alpha value is -0.657. The Kier molecular flexibility index (Phi) is 3.50. The van der Waals surface area contributed by atoms with Gasteiger partial charge in [0.25, 0.3) is 0 Å². The molecule has 0 spiro atoms. The molecule has 0 aliphatic heterocycles. The third kappa shape index (κ3) is 2.36. The number of halogens is 2. The van der Waals surface area contributed by atoms with Crippen LogP contribution >= 0.6 is 24.8 Å². The zero-order chi connectivity index (χ0) is 18.0. The third-order valence-electron chi connectivity index (χ3n) is 8.23. The van der Waals surface area contributed by atoms with Gasteiger partial charge >= 0.3 is 135 Å². The van der Waals surface area contributed by atoms with Crippen molar-refractivity contribution < 1.29 is 13.1 Å². The quantitative estimate of drug-likeness (QED) is 0.557. The van der Waals surface area contributed by atoms with Crippen molar-refractivity contribution in [3.05, 3.63) is 82.2 Å². The Morgan fingerprint density at radius 2 is 1.08 bits per heavy atom. The fraction of sp³-hybridized carbons (Fsp3) is 0.273. The van der Waals surface area contributed by atoms with Crippen molar-refractivity contribution in [3.63, 3.8) is 0 Å². The first kappa shape index (κ1) is 23.4. The van der Waals surface area contributed by atoms with Crippen LogP contribution in [0.25, 0.3) is 0 Å². The molecule has 4 heteroatoms. The molecule has 0 heterocycles. The van der Waals surface area contributed by atoms with Crippen molar-refractivity contribution in [2.45, 2.75) is 29.6 Å². The molecule has 1 aliphatic rings. The van der Waals surface area contributed by atoms with Crippen molar-refractivity contribution in [1.29, 1.82) is 0 Å². The van der Waals surface area contributed by atoms with Gasteiger partial charge in [-0.15, -0.1) is 24.8 Å². The van der Waals surface area contributed by atoms with E-state index in [1.165, 1.54) is 9.82 Å². The first-order valence-electron chi connectivity index (χ1n) is 9.08. The predicted octanol–water partition coefficient (Wildman–Crippen LogP) is 6.27. The van der Waals surface area contributed by atoms with E-state index in [2.05, 4.69) is 102 Å². The van der Waals surface area contributed by atoms with Crippen LogP contribution in [0.5, 0.6) is 0 Å². The molecule has 0 amide bonds. The molecule has 0 fully saturated rings. The molecule has 2 aromatic carbocycles. The summed E-state index contributed by atoms with van der Waals surface area (Å²) in [7, 11) is 0. The molecular weight excluding hydrogens is 440 g/mol. The first-order valence-corrected chi connectivity index (χ1v) is 26.5. The van der Waals surface area contributed by atoms with Gasteiger partial charge in [-0.2, -0.15) is 0 Å². The van der Waals surface area contributed by atoms with Gasteiger partial charge in [0.15, 0.2) is 0 Å². The standard InChI is InChI=1S/2C6H5.C5H5.5CH3.2ClH.H2N.Zr/c2*1-2-4-6-5-3-1;1-2-4-5-3-1;;;;;;;;;/h2*1-5H;1-3H,4H2;5*1H3;2*1H;1H2;/q;;;;;;;;;;-1;+1. The fourth-order valence-electron chi connectivity index (χ4n) is 5.27. The van der Waals surface area contributed by atoms with Gasteiger partial charge in [-0.25, -0.2) is 0 Å². The molecule has 0 saturated heterocycles. The molecule has 0 atom stereocenters. The van der Waals surface area contributed by atoms with Crippen LogP contribution in [0.15, 0.2) is 82.2 Å². The van der Waals surface area contributed by atoms with Crippen LogP contribution in [-0.4, -0.2) is 0 Å². The van der Waals surface area contributed by atoms with Gasteiger partial charge in [0, 0.05) is 0 Å². The zero-order valence-corrected chi connectivity index (χ0v) is 20.7. The maximum atomic E-state index is 8.22. The summed E-state index contributed by atoms with van der Waals surface area (Å²) >= 11 is -6.14. The molecule has 0 aromatic heterocycles. The summed E-state index contributed by atoms with van der Waals surface area (Å²) in [5.41, 5.74) is 0. The Bertz CT molecular complexity index is 927. The molecule has 0 radical (unpaired) electrons. The van der Waals surface area contributed by atoms with Crippen LogP contribution < -0.4 is 10.2 Å². The average molecular weight is 475 g/mol. The van der Waals surface area contributed by atoms with Gasteiger partial charge < -0.3 is 0 Å². The number of benzene rings is 2. The second-order valence-electron chi connectivity index (χ2n) is 15.1. The van der Waals surface area contributed by atoms with Crippen LogP contribution in [-0.2, 0) is 13.1 Å². The summed E-state index contributed by atoms with van der Waals surface area (Å²) < 4.78 is 23.8. The van der Waals surface area contributed by atoms with Gasteiger partial charge in [-0.05, 0) is 0 Å². The third-order valence-corrected chi connectivity index (χ3v) is 39.8. The molecule has 1 nitrogen and oxygen atoms in total. The zero-order valence-electron chi connectivity index (χ0n) is 16.6. The molecule has 0 bridgehead atoms. The van der Waals surface area contributed by atoms with Crippen molar-refractivity contribution in [1.82, 2.24) is 0 Å². The van der Waals surface area contributed by atoms with E-state index in [1.807, 2.05) is 0 Å². The summed E-state index contributed by atoms with van der Waals surface area (Å²) in [6, 6.07) is 21.5. The van der Waals surface area contributed by atoms with Crippen LogP contribution in [0, 0.1) is 0 Å². The van der Waals surface area contributed by atoms with E-state index in [0.717, 1.165) is 6.42 Å². The number of hydrogen-bond donors (Lipinski definition) is 1. The predicted molar refractivity (Wildman–Crippen MR) is 122 cm³/mol. The first-order chi connectivity index (χ1) is 10.5. The van der Waals surface area contributed by atoms with E-state index in [0.29, 0.717) is 0 Å². The summed E-state index contributed by atoms with van der Waals surface area (Å²) in [6.45, 7) is 0. The van der Waals surface area contributed by atoms with Gasteiger partial charge in [-0.1, -0.05) is 0 Å². The minimum absolute atomic E-state index is 0. The van der Waals surface area contributed by atoms with Crippen LogP contribution in [0.2, 0.25) is 23.2 Å². The fourth-order valence-corrected chi connectivity index (χ4v) is 26.2. The molecule has 2 aromatic rings. The Balaban J connectivity index is 0.00000169. The molecule has 26 heavy (non-hydrogen) atoms. The molecule has 0 unspecified atom stereocenters. The Labute approximate surface area is 159 Å². The van der Waals surface area contributed by atoms with Gasteiger partial charge in [-0.3, -0.25) is 0 Å². The molecule has 2 N–H and O–H groups in total. The Morgan fingerprint density at radius 1 is 0.692 bits per heavy atom. The number of allylic oxidation sites excluding steroid dienone is 4. The molecule has 0 saturated carbocycles. The SMILES string of the molecule is Cl.Cl.[CH3][Zr]([CH3])([CH3])([CH3])([CH3])([NH2])([C]1=CC=CC1)([c]1ccccc1)[c]1ccccc1. The summed E-state index contributed by atoms with van der Waals surface area (Å²) in [5, 5.41) is 0. The number of nitrogens with two attached hydrogens (primary N) is 1.